The number of phenols is 1. The highest BCUT2D eigenvalue weighted by Crippen LogP contribution is 2.14. The van der Waals surface area contributed by atoms with Crippen LogP contribution in [-0.2, 0) is 0 Å². The standard InChI is InChI=1S/C13H19NO2/c1-4-10(3)14(5-2)13(16)11-6-8-12(15)9-7-11/h6-10,15H,4-5H2,1-3H3. The van der Waals surface area contributed by atoms with Crippen LogP contribution in [0.25, 0.3) is 0 Å². The Kier molecular flexibility index (Phi) is 4.35. The number of carbonyl (C=O) groups excluding carboxylic acids is 1. The molecule has 16 heavy (non-hydrogen) atoms. The van der Waals surface area contributed by atoms with Gasteiger partial charge in [0.25, 0.3) is 5.91 Å². The lowest BCUT2D eigenvalue weighted by Crippen LogP contribution is -2.38. The Balaban J connectivity index is 2.87. The summed E-state index contributed by atoms with van der Waals surface area (Å²) in [7, 11) is 0. The highest BCUT2D eigenvalue weighted by Gasteiger charge is 2.18. The van der Waals surface area contributed by atoms with Crippen LogP contribution in [0, 0.1) is 0 Å². The average Bonchev–Trinajstić information content (AvgIpc) is 2.30. The van der Waals surface area contributed by atoms with E-state index < -0.39 is 0 Å². The zero-order valence-electron chi connectivity index (χ0n) is 10.1. The van der Waals surface area contributed by atoms with Crippen LogP contribution < -0.4 is 0 Å². The summed E-state index contributed by atoms with van der Waals surface area (Å²) in [6.45, 7) is 6.79. The van der Waals surface area contributed by atoms with Crippen molar-refractivity contribution in [2.24, 2.45) is 0 Å². The molecular formula is C13H19NO2. The van der Waals surface area contributed by atoms with Gasteiger partial charge in [0.1, 0.15) is 5.75 Å². The third kappa shape index (κ3) is 2.75. The molecule has 1 aromatic rings. The lowest BCUT2D eigenvalue weighted by atomic mass is 10.1. The fourth-order valence-corrected chi connectivity index (χ4v) is 1.65. The molecule has 1 amide bonds. The topological polar surface area (TPSA) is 40.5 Å². The first-order valence-electron chi connectivity index (χ1n) is 5.70. The molecular weight excluding hydrogens is 202 g/mol. The SMILES string of the molecule is CCC(C)N(CC)C(=O)c1ccc(O)cc1. The minimum Gasteiger partial charge on any atom is -0.508 e. The van der Waals surface area contributed by atoms with E-state index in [1.54, 1.807) is 12.1 Å². The van der Waals surface area contributed by atoms with E-state index in [9.17, 15) is 4.79 Å². The number of phenolic OH excluding ortho intramolecular Hbond substituents is 1. The molecule has 0 aliphatic rings. The van der Waals surface area contributed by atoms with E-state index in [2.05, 4.69) is 6.92 Å². The van der Waals surface area contributed by atoms with Crippen LogP contribution in [0.3, 0.4) is 0 Å². The smallest absolute Gasteiger partial charge is 0.254 e. The third-order valence-electron chi connectivity index (χ3n) is 2.84. The van der Waals surface area contributed by atoms with E-state index in [0.717, 1.165) is 6.42 Å². The molecule has 0 saturated carbocycles. The zero-order chi connectivity index (χ0) is 12.1. The number of hydrogen-bond acceptors (Lipinski definition) is 2. The van der Waals surface area contributed by atoms with Crippen LogP contribution in [0.5, 0.6) is 5.75 Å². The molecule has 0 saturated heterocycles. The van der Waals surface area contributed by atoms with Crippen molar-refractivity contribution in [1.82, 2.24) is 4.90 Å². The van der Waals surface area contributed by atoms with E-state index >= 15 is 0 Å². The number of amides is 1. The summed E-state index contributed by atoms with van der Waals surface area (Å²) in [5, 5.41) is 9.16. The molecule has 0 aliphatic heterocycles. The Hall–Kier alpha value is -1.51. The average molecular weight is 221 g/mol. The largest absolute Gasteiger partial charge is 0.508 e. The summed E-state index contributed by atoms with van der Waals surface area (Å²) in [4.78, 5) is 14.0. The van der Waals surface area contributed by atoms with E-state index in [1.807, 2.05) is 18.7 Å². The van der Waals surface area contributed by atoms with Gasteiger partial charge in [-0.25, -0.2) is 0 Å². The van der Waals surface area contributed by atoms with Crippen LogP contribution in [-0.4, -0.2) is 28.5 Å². The van der Waals surface area contributed by atoms with Gasteiger partial charge in [0.05, 0.1) is 0 Å². The minimum atomic E-state index is 0.0249. The number of aromatic hydroxyl groups is 1. The first-order valence-corrected chi connectivity index (χ1v) is 5.70. The number of rotatable bonds is 4. The maximum atomic E-state index is 12.1. The van der Waals surface area contributed by atoms with Gasteiger partial charge in [-0.05, 0) is 44.5 Å². The van der Waals surface area contributed by atoms with Crippen LogP contribution >= 0.6 is 0 Å². The molecule has 0 aliphatic carbocycles. The van der Waals surface area contributed by atoms with Gasteiger partial charge < -0.3 is 10.0 Å². The summed E-state index contributed by atoms with van der Waals surface area (Å²) in [6, 6.07) is 6.63. The highest BCUT2D eigenvalue weighted by atomic mass is 16.3. The molecule has 0 heterocycles. The van der Waals surface area contributed by atoms with E-state index in [4.69, 9.17) is 5.11 Å². The lowest BCUT2D eigenvalue weighted by Gasteiger charge is -2.27. The van der Waals surface area contributed by atoms with Gasteiger partial charge in [-0.15, -0.1) is 0 Å². The normalized spacial score (nSPS) is 12.2. The van der Waals surface area contributed by atoms with Crippen LogP contribution in [0.2, 0.25) is 0 Å². The van der Waals surface area contributed by atoms with Crippen molar-refractivity contribution in [3.63, 3.8) is 0 Å². The Labute approximate surface area is 96.7 Å². The van der Waals surface area contributed by atoms with Gasteiger partial charge in [0.2, 0.25) is 0 Å². The predicted molar refractivity (Wildman–Crippen MR) is 64.6 cm³/mol. The summed E-state index contributed by atoms with van der Waals surface area (Å²) in [5.74, 6) is 0.208. The molecule has 0 aromatic heterocycles. The van der Waals surface area contributed by atoms with E-state index in [-0.39, 0.29) is 17.7 Å². The Morgan fingerprint density at radius 2 is 1.88 bits per heavy atom. The van der Waals surface area contributed by atoms with Crippen molar-refractivity contribution in [2.75, 3.05) is 6.54 Å². The molecule has 0 fully saturated rings. The van der Waals surface area contributed by atoms with Crippen molar-refractivity contribution < 1.29 is 9.90 Å². The molecule has 0 spiro atoms. The van der Waals surface area contributed by atoms with Crippen molar-refractivity contribution in [2.45, 2.75) is 33.2 Å². The predicted octanol–water partition coefficient (Wildman–Crippen LogP) is 2.65. The van der Waals surface area contributed by atoms with Crippen molar-refractivity contribution >= 4 is 5.91 Å². The summed E-state index contributed by atoms with van der Waals surface area (Å²) < 4.78 is 0. The summed E-state index contributed by atoms with van der Waals surface area (Å²) in [5.41, 5.74) is 0.625. The molecule has 1 unspecified atom stereocenters. The molecule has 1 atom stereocenters. The maximum absolute atomic E-state index is 12.1. The maximum Gasteiger partial charge on any atom is 0.254 e. The molecule has 3 heteroatoms. The molecule has 0 bridgehead atoms. The Morgan fingerprint density at radius 3 is 2.31 bits per heavy atom. The molecule has 88 valence electrons. The van der Waals surface area contributed by atoms with Gasteiger partial charge in [-0.1, -0.05) is 6.92 Å². The van der Waals surface area contributed by atoms with Gasteiger partial charge in [-0.3, -0.25) is 4.79 Å². The quantitative estimate of drug-likeness (QED) is 0.849. The van der Waals surface area contributed by atoms with E-state index in [1.165, 1.54) is 12.1 Å². The van der Waals surface area contributed by atoms with Gasteiger partial charge >= 0.3 is 0 Å². The minimum absolute atomic E-state index is 0.0249. The zero-order valence-corrected chi connectivity index (χ0v) is 10.1. The fourth-order valence-electron chi connectivity index (χ4n) is 1.65. The van der Waals surface area contributed by atoms with Gasteiger partial charge in [0, 0.05) is 18.2 Å². The van der Waals surface area contributed by atoms with Crippen LogP contribution in [0.1, 0.15) is 37.6 Å². The Bertz CT molecular complexity index is 345. The van der Waals surface area contributed by atoms with Crippen LogP contribution in [0.4, 0.5) is 0 Å². The van der Waals surface area contributed by atoms with Crippen molar-refractivity contribution in [1.29, 1.82) is 0 Å². The van der Waals surface area contributed by atoms with Crippen molar-refractivity contribution in [3.8, 4) is 5.75 Å². The second-order valence-corrected chi connectivity index (χ2v) is 3.90. The molecule has 0 radical (unpaired) electrons. The molecule has 1 N–H and O–H groups in total. The Morgan fingerprint density at radius 1 is 1.31 bits per heavy atom. The third-order valence-corrected chi connectivity index (χ3v) is 2.84. The summed E-state index contributed by atoms with van der Waals surface area (Å²) >= 11 is 0. The first-order chi connectivity index (χ1) is 7.60. The molecule has 1 rings (SSSR count). The van der Waals surface area contributed by atoms with Gasteiger partial charge in [-0.2, -0.15) is 0 Å². The van der Waals surface area contributed by atoms with Gasteiger partial charge in [0.15, 0.2) is 0 Å². The number of benzene rings is 1. The lowest BCUT2D eigenvalue weighted by molar-refractivity contribution is 0.0700. The van der Waals surface area contributed by atoms with E-state index in [0.29, 0.717) is 12.1 Å². The molecule has 1 aromatic carbocycles. The second-order valence-electron chi connectivity index (χ2n) is 3.90. The number of nitrogens with zero attached hydrogens (tertiary/aromatic N) is 1. The highest BCUT2D eigenvalue weighted by molar-refractivity contribution is 5.94. The fraction of sp³-hybridized carbons (Fsp3) is 0.462. The van der Waals surface area contributed by atoms with Crippen LogP contribution in [0.15, 0.2) is 24.3 Å². The molecule has 3 nitrogen and oxygen atoms in total. The van der Waals surface area contributed by atoms with Crippen molar-refractivity contribution in [3.05, 3.63) is 29.8 Å². The second kappa shape index (κ2) is 5.54. The first kappa shape index (κ1) is 12.6. The summed E-state index contributed by atoms with van der Waals surface area (Å²) in [6.07, 6.45) is 0.942. The monoisotopic (exact) mass is 221 g/mol. The number of carbonyl (C=O) groups is 1. The number of hydrogen-bond donors (Lipinski definition) is 1.